The highest BCUT2D eigenvalue weighted by Crippen LogP contribution is 2.30. The van der Waals surface area contributed by atoms with E-state index in [1.807, 2.05) is 18.2 Å². The van der Waals surface area contributed by atoms with Crippen molar-refractivity contribution in [1.29, 1.82) is 0 Å². The van der Waals surface area contributed by atoms with Gasteiger partial charge < -0.3 is 5.32 Å². The normalized spacial score (nSPS) is 11.7. The Morgan fingerprint density at radius 3 is 2.55 bits per heavy atom. The number of hydrogen-bond acceptors (Lipinski definition) is 3. The third-order valence-corrected chi connectivity index (χ3v) is 4.19. The van der Waals surface area contributed by atoms with Crippen molar-refractivity contribution >= 4 is 26.6 Å². The fourth-order valence-electron chi connectivity index (χ4n) is 2.26. The van der Waals surface area contributed by atoms with Crippen LogP contribution >= 0.6 is 0 Å². The summed E-state index contributed by atoms with van der Waals surface area (Å²) < 4.78 is 32.8. The first-order chi connectivity index (χ1) is 9.54. The maximum absolute atomic E-state index is 11.7. The van der Waals surface area contributed by atoms with Crippen molar-refractivity contribution in [3.05, 3.63) is 36.4 Å². The molecule has 0 aliphatic rings. The summed E-state index contributed by atoms with van der Waals surface area (Å²) in [6.07, 6.45) is 3.15. The molecule has 5 heteroatoms. The van der Waals surface area contributed by atoms with Crippen LogP contribution in [0.3, 0.4) is 0 Å². The Kier molecular flexibility index (Phi) is 4.62. The zero-order chi connectivity index (χ0) is 14.6. The molecule has 2 N–H and O–H groups in total. The molecule has 0 bridgehead atoms. The number of benzene rings is 2. The van der Waals surface area contributed by atoms with Gasteiger partial charge in [-0.3, -0.25) is 4.55 Å². The standard InChI is InChI=1S/C15H19NO3S/c1-2-3-6-11-16-14-10-9-12-7-4-5-8-13(12)15(14)20(17,18)19/h4-5,7-10,16H,2-3,6,11H2,1H3,(H,17,18,19). The molecule has 2 aromatic carbocycles. The van der Waals surface area contributed by atoms with Gasteiger partial charge in [-0.05, 0) is 17.9 Å². The second-order valence-corrected chi connectivity index (χ2v) is 6.13. The Morgan fingerprint density at radius 1 is 1.10 bits per heavy atom. The fraction of sp³-hybridized carbons (Fsp3) is 0.333. The SMILES string of the molecule is CCCCCNc1ccc2ccccc2c1S(=O)(=O)O. The monoisotopic (exact) mass is 293 g/mol. The Labute approximate surface area is 119 Å². The average molecular weight is 293 g/mol. The Hall–Kier alpha value is -1.59. The molecule has 0 fully saturated rings. The van der Waals surface area contributed by atoms with Crippen molar-refractivity contribution in [3.63, 3.8) is 0 Å². The maximum Gasteiger partial charge on any atom is 0.297 e. The van der Waals surface area contributed by atoms with Crippen molar-refractivity contribution < 1.29 is 13.0 Å². The molecule has 0 atom stereocenters. The van der Waals surface area contributed by atoms with Crippen LogP contribution in [0.4, 0.5) is 5.69 Å². The number of anilines is 1. The highest BCUT2D eigenvalue weighted by atomic mass is 32.2. The van der Waals surface area contributed by atoms with Crippen LogP contribution < -0.4 is 5.32 Å². The number of hydrogen-bond donors (Lipinski definition) is 2. The summed E-state index contributed by atoms with van der Waals surface area (Å²) in [5.74, 6) is 0. The molecule has 0 aliphatic heterocycles. The van der Waals surface area contributed by atoms with Gasteiger partial charge in [-0.1, -0.05) is 50.1 Å². The number of rotatable bonds is 6. The van der Waals surface area contributed by atoms with Gasteiger partial charge in [-0.2, -0.15) is 8.42 Å². The van der Waals surface area contributed by atoms with Crippen LogP contribution in [0.5, 0.6) is 0 Å². The molecule has 0 saturated carbocycles. The first-order valence-corrected chi connectivity index (χ1v) is 8.21. The molecule has 4 nitrogen and oxygen atoms in total. The van der Waals surface area contributed by atoms with E-state index in [9.17, 15) is 13.0 Å². The molecular weight excluding hydrogens is 274 g/mol. The summed E-state index contributed by atoms with van der Waals surface area (Å²) in [5.41, 5.74) is 0.460. The zero-order valence-corrected chi connectivity index (χ0v) is 12.3. The predicted octanol–water partition coefficient (Wildman–Crippen LogP) is 3.69. The first-order valence-electron chi connectivity index (χ1n) is 6.77. The van der Waals surface area contributed by atoms with E-state index in [0.717, 1.165) is 24.6 Å². The fourth-order valence-corrected chi connectivity index (χ4v) is 3.14. The third kappa shape index (κ3) is 3.29. The lowest BCUT2D eigenvalue weighted by molar-refractivity contribution is 0.484. The second kappa shape index (κ2) is 6.24. The molecule has 0 unspecified atom stereocenters. The van der Waals surface area contributed by atoms with E-state index in [4.69, 9.17) is 0 Å². The van der Waals surface area contributed by atoms with Crippen molar-refractivity contribution in [2.75, 3.05) is 11.9 Å². The van der Waals surface area contributed by atoms with Gasteiger partial charge in [-0.15, -0.1) is 0 Å². The molecule has 108 valence electrons. The minimum absolute atomic E-state index is 0.0351. The first kappa shape index (κ1) is 14.8. The number of fused-ring (bicyclic) bond motifs is 1. The molecule has 0 aromatic heterocycles. The lowest BCUT2D eigenvalue weighted by Gasteiger charge is -2.12. The lowest BCUT2D eigenvalue weighted by Crippen LogP contribution is -2.08. The van der Waals surface area contributed by atoms with Crippen LogP contribution in [0, 0.1) is 0 Å². The quantitative estimate of drug-likeness (QED) is 0.629. The van der Waals surface area contributed by atoms with Crippen molar-refractivity contribution in [1.82, 2.24) is 0 Å². The topological polar surface area (TPSA) is 66.4 Å². The van der Waals surface area contributed by atoms with Gasteiger partial charge in [0, 0.05) is 11.9 Å². The molecule has 0 saturated heterocycles. The predicted molar refractivity (Wildman–Crippen MR) is 81.8 cm³/mol. The van der Waals surface area contributed by atoms with E-state index in [0.29, 0.717) is 17.6 Å². The number of unbranched alkanes of at least 4 members (excludes halogenated alkanes) is 2. The van der Waals surface area contributed by atoms with Crippen LogP contribution in [0.15, 0.2) is 41.3 Å². The number of nitrogens with one attached hydrogen (secondary N) is 1. The highest BCUT2D eigenvalue weighted by Gasteiger charge is 2.18. The van der Waals surface area contributed by atoms with E-state index >= 15 is 0 Å². The van der Waals surface area contributed by atoms with Gasteiger partial charge in [0.1, 0.15) is 4.90 Å². The minimum atomic E-state index is -4.27. The van der Waals surface area contributed by atoms with E-state index in [1.165, 1.54) is 0 Å². The highest BCUT2D eigenvalue weighted by molar-refractivity contribution is 7.86. The maximum atomic E-state index is 11.7. The molecule has 0 spiro atoms. The molecule has 0 radical (unpaired) electrons. The third-order valence-electron chi connectivity index (χ3n) is 3.23. The van der Waals surface area contributed by atoms with Crippen molar-refractivity contribution in [2.45, 2.75) is 31.1 Å². The van der Waals surface area contributed by atoms with Gasteiger partial charge >= 0.3 is 0 Å². The van der Waals surface area contributed by atoms with Gasteiger partial charge in [-0.25, -0.2) is 0 Å². The van der Waals surface area contributed by atoms with Crippen LogP contribution in [0.1, 0.15) is 26.2 Å². The molecule has 2 rings (SSSR count). The molecule has 0 aliphatic carbocycles. The summed E-state index contributed by atoms with van der Waals surface area (Å²) >= 11 is 0. The van der Waals surface area contributed by atoms with Gasteiger partial charge in [0.25, 0.3) is 10.1 Å². The minimum Gasteiger partial charge on any atom is -0.384 e. The van der Waals surface area contributed by atoms with Gasteiger partial charge in [0.2, 0.25) is 0 Å². The average Bonchev–Trinajstić information content (AvgIpc) is 2.41. The molecular formula is C15H19NO3S. The summed E-state index contributed by atoms with van der Waals surface area (Å²) in [6, 6.07) is 10.7. The zero-order valence-electron chi connectivity index (χ0n) is 11.5. The van der Waals surface area contributed by atoms with Crippen molar-refractivity contribution in [3.8, 4) is 0 Å². The Bertz CT molecular complexity index is 695. The summed E-state index contributed by atoms with van der Waals surface area (Å²) in [7, 11) is -4.27. The Balaban J connectivity index is 2.44. The van der Waals surface area contributed by atoms with Crippen molar-refractivity contribution in [2.24, 2.45) is 0 Å². The molecule has 2 aromatic rings. The largest absolute Gasteiger partial charge is 0.384 e. The van der Waals surface area contributed by atoms with Crippen LogP contribution in [-0.2, 0) is 10.1 Å². The second-order valence-electron chi connectivity index (χ2n) is 4.77. The van der Waals surface area contributed by atoms with E-state index in [1.54, 1.807) is 18.2 Å². The molecule has 0 amide bonds. The van der Waals surface area contributed by atoms with Crippen LogP contribution in [0.2, 0.25) is 0 Å². The molecule has 0 heterocycles. The lowest BCUT2D eigenvalue weighted by atomic mass is 10.1. The van der Waals surface area contributed by atoms with Gasteiger partial charge in [0.15, 0.2) is 0 Å². The van der Waals surface area contributed by atoms with E-state index in [-0.39, 0.29) is 4.90 Å². The summed E-state index contributed by atoms with van der Waals surface area (Å²) in [4.78, 5) is -0.0351. The smallest absolute Gasteiger partial charge is 0.297 e. The summed E-state index contributed by atoms with van der Waals surface area (Å²) in [5, 5.41) is 4.44. The van der Waals surface area contributed by atoms with Crippen LogP contribution in [-0.4, -0.2) is 19.5 Å². The Morgan fingerprint density at radius 2 is 1.85 bits per heavy atom. The van der Waals surface area contributed by atoms with E-state index in [2.05, 4.69) is 12.2 Å². The molecule has 20 heavy (non-hydrogen) atoms. The van der Waals surface area contributed by atoms with Gasteiger partial charge in [0.05, 0.1) is 5.69 Å². The van der Waals surface area contributed by atoms with Crippen LogP contribution in [0.25, 0.3) is 10.8 Å². The summed E-state index contributed by atoms with van der Waals surface area (Å²) in [6.45, 7) is 2.80. The van der Waals surface area contributed by atoms with E-state index < -0.39 is 10.1 Å².